The fourth-order valence-electron chi connectivity index (χ4n) is 5.03. The smallest absolute Gasteiger partial charge is 0.243 e. The van der Waals surface area contributed by atoms with Gasteiger partial charge >= 0.3 is 0 Å². The molecule has 0 aliphatic rings. The van der Waals surface area contributed by atoms with Gasteiger partial charge in [-0.2, -0.15) is 0 Å². The third-order valence-corrected chi connectivity index (χ3v) is 7.26. The molecule has 0 fully saturated rings. The minimum Gasteiger partial charge on any atom is -0.378 e. The number of rotatable bonds is 18. The Morgan fingerprint density at radius 1 is 0.622 bits per heavy atom. The summed E-state index contributed by atoms with van der Waals surface area (Å²) < 4.78 is 10.8. The van der Waals surface area contributed by atoms with Crippen molar-refractivity contribution in [1.29, 1.82) is 0 Å². The number of ether oxygens (including phenoxy) is 2. The number of benzene rings is 4. The Morgan fingerprint density at radius 3 is 1.87 bits per heavy atom. The molecule has 3 amide bonds. The summed E-state index contributed by atoms with van der Waals surface area (Å²) in [7, 11) is 0. The van der Waals surface area contributed by atoms with Gasteiger partial charge in [0, 0.05) is 25.9 Å². The number of amides is 3. The highest BCUT2D eigenvalue weighted by molar-refractivity contribution is 5.94. The molecule has 236 valence electrons. The van der Waals surface area contributed by atoms with Gasteiger partial charge in [-0.25, -0.2) is 0 Å². The third kappa shape index (κ3) is 11.1. The van der Waals surface area contributed by atoms with Crippen LogP contribution in [-0.2, 0) is 43.1 Å². The van der Waals surface area contributed by atoms with Crippen molar-refractivity contribution in [2.45, 2.75) is 31.3 Å². The maximum atomic E-state index is 13.8. The van der Waals surface area contributed by atoms with Crippen molar-refractivity contribution in [3.05, 3.63) is 120 Å². The molecule has 0 aromatic heterocycles. The minimum atomic E-state index is -0.891. The molecule has 0 heterocycles. The van der Waals surface area contributed by atoms with E-state index in [9.17, 15) is 14.4 Å². The first-order chi connectivity index (χ1) is 22.0. The summed E-state index contributed by atoms with van der Waals surface area (Å²) in [6.07, 6.45) is 0.674. The number of nitrogens with one attached hydrogen (secondary N) is 3. The zero-order valence-electron chi connectivity index (χ0n) is 25.5. The lowest BCUT2D eigenvalue weighted by Gasteiger charge is -2.24. The molecule has 9 nitrogen and oxygen atoms in total. The van der Waals surface area contributed by atoms with Crippen molar-refractivity contribution < 1.29 is 23.9 Å². The van der Waals surface area contributed by atoms with Gasteiger partial charge in [0.15, 0.2) is 0 Å². The Hall–Kier alpha value is -4.57. The van der Waals surface area contributed by atoms with Crippen LogP contribution in [0.3, 0.4) is 0 Å². The van der Waals surface area contributed by atoms with Crippen LogP contribution in [-0.4, -0.2) is 69.3 Å². The molecule has 0 saturated heterocycles. The van der Waals surface area contributed by atoms with Crippen molar-refractivity contribution in [3.8, 4) is 0 Å². The molecule has 4 aromatic carbocycles. The van der Waals surface area contributed by atoms with E-state index in [2.05, 4.69) is 16.0 Å². The maximum absolute atomic E-state index is 13.8. The molecule has 4 aromatic rings. The van der Waals surface area contributed by atoms with E-state index in [4.69, 9.17) is 15.2 Å². The first-order valence-electron chi connectivity index (χ1n) is 15.3. The molecule has 4 rings (SSSR count). The molecular weight excluding hydrogens is 568 g/mol. The number of nitrogens with two attached hydrogens (primary N) is 1. The van der Waals surface area contributed by atoms with Crippen molar-refractivity contribution in [2.75, 3.05) is 39.5 Å². The SMILES string of the molecule is NCCOCCOCCNC(=O)C(Cc1ccccc1)NC(=O)C(Cc1ccccc1)NC(=O)Cc1cccc2ccccc12. The Labute approximate surface area is 264 Å². The summed E-state index contributed by atoms with van der Waals surface area (Å²) in [5.41, 5.74) is 8.07. The highest BCUT2D eigenvalue weighted by Gasteiger charge is 2.27. The molecule has 0 spiro atoms. The van der Waals surface area contributed by atoms with Crippen molar-refractivity contribution in [2.24, 2.45) is 5.73 Å². The van der Waals surface area contributed by atoms with Gasteiger partial charge in [0.2, 0.25) is 17.7 Å². The van der Waals surface area contributed by atoms with Crippen molar-refractivity contribution in [1.82, 2.24) is 16.0 Å². The van der Waals surface area contributed by atoms with Crippen LogP contribution in [0.4, 0.5) is 0 Å². The highest BCUT2D eigenvalue weighted by atomic mass is 16.5. The molecule has 2 atom stereocenters. The lowest BCUT2D eigenvalue weighted by molar-refractivity contribution is -0.132. The molecule has 0 saturated carbocycles. The average molecular weight is 611 g/mol. The predicted octanol–water partition coefficient (Wildman–Crippen LogP) is 2.95. The highest BCUT2D eigenvalue weighted by Crippen LogP contribution is 2.19. The zero-order chi connectivity index (χ0) is 31.7. The van der Waals surface area contributed by atoms with Gasteiger partial charge in [0.05, 0.1) is 32.8 Å². The molecular formula is C36H42N4O5. The fourth-order valence-corrected chi connectivity index (χ4v) is 5.03. The van der Waals surface area contributed by atoms with Gasteiger partial charge in [-0.15, -0.1) is 0 Å². The van der Waals surface area contributed by atoms with E-state index in [1.165, 1.54) is 0 Å². The van der Waals surface area contributed by atoms with Crippen LogP contribution in [0, 0.1) is 0 Å². The lowest BCUT2D eigenvalue weighted by Crippen LogP contribution is -2.55. The van der Waals surface area contributed by atoms with Crippen LogP contribution in [0.15, 0.2) is 103 Å². The van der Waals surface area contributed by atoms with E-state index in [0.717, 1.165) is 27.5 Å². The van der Waals surface area contributed by atoms with Gasteiger partial charge in [0.25, 0.3) is 0 Å². The predicted molar refractivity (Wildman–Crippen MR) is 176 cm³/mol. The number of hydrogen-bond donors (Lipinski definition) is 4. The zero-order valence-corrected chi connectivity index (χ0v) is 25.5. The molecule has 0 bridgehead atoms. The second kappa shape index (κ2) is 18.3. The van der Waals surface area contributed by atoms with Crippen LogP contribution in [0.1, 0.15) is 16.7 Å². The normalized spacial score (nSPS) is 12.3. The van der Waals surface area contributed by atoms with Gasteiger partial charge in [0.1, 0.15) is 12.1 Å². The van der Waals surface area contributed by atoms with Gasteiger partial charge in [-0.05, 0) is 27.5 Å². The Morgan fingerprint density at radius 2 is 1.20 bits per heavy atom. The van der Waals surface area contributed by atoms with Crippen LogP contribution < -0.4 is 21.7 Å². The molecule has 2 unspecified atom stereocenters. The number of carbonyl (C=O) groups is 3. The van der Waals surface area contributed by atoms with Crippen LogP contribution >= 0.6 is 0 Å². The summed E-state index contributed by atoms with van der Waals surface area (Å²) in [6.45, 7) is 2.30. The molecule has 0 aliphatic heterocycles. The van der Waals surface area contributed by atoms with Crippen LogP contribution in [0.2, 0.25) is 0 Å². The summed E-state index contributed by atoms with van der Waals surface area (Å²) in [5.74, 6) is -1.05. The average Bonchev–Trinajstić information content (AvgIpc) is 3.06. The maximum Gasteiger partial charge on any atom is 0.243 e. The van der Waals surface area contributed by atoms with Gasteiger partial charge < -0.3 is 31.2 Å². The van der Waals surface area contributed by atoms with E-state index >= 15 is 0 Å². The number of hydrogen-bond acceptors (Lipinski definition) is 6. The van der Waals surface area contributed by atoms with Crippen molar-refractivity contribution in [3.63, 3.8) is 0 Å². The minimum absolute atomic E-state index is 0.116. The van der Waals surface area contributed by atoms with Gasteiger partial charge in [-0.3, -0.25) is 14.4 Å². The summed E-state index contributed by atoms with van der Waals surface area (Å²) >= 11 is 0. The van der Waals surface area contributed by atoms with E-state index in [1.54, 1.807) is 0 Å². The summed E-state index contributed by atoms with van der Waals surface area (Å²) in [4.78, 5) is 40.5. The Kier molecular flexibility index (Phi) is 13.5. The van der Waals surface area contributed by atoms with Crippen LogP contribution in [0.25, 0.3) is 10.8 Å². The molecule has 0 radical (unpaired) electrons. The molecule has 9 heteroatoms. The standard InChI is InChI=1S/C36H42N4O5/c37-18-20-44-22-23-45-21-19-38-35(42)32(24-27-10-3-1-4-11-27)40-36(43)33(25-28-12-5-2-6-13-28)39-34(41)26-30-16-9-15-29-14-7-8-17-31(29)30/h1-17,32-33H,18-26,37H2,(H,38,42)(H,39,41)(H,40,43). The van der Waals surface area contributed by atoms with E-state index < -0.39 is 18.0 Å². The van der Waals surface area contributed by atoms with E-state index in [0.29, 0.717) is 33.0 Å². The molecule has 0 aliphatic carbocycles. The second-order valence-electron chi connectivity index (χ2n) is 10.7. The van der Waals surface area contributed by atoms with Gasteiger partial charge in [-0.1, -0.05) is 103 Å². The number of carbonyl (C=O) groups excluding carboxylic acids is 3. The summed E-state index contributed by atoms with van der Waals surface area (Å²) in [6, 6.07) is 31.0. The third-order valence-electron chi connectivity index (χ3n) is 7.26. The van der Waals surface area contributed by atoms with E-state index in [-0.39, 0.29) is 37.6 Å². The monoisotopic (exact) mass is 610 g/mol. The molecule has 5 N–H and O–H groups in total. The first kappa shape index (κ1) is 33.3. The van der Waals surface area contributed by atoms with E-state index in [1.807, 2.05) is 103 Å². The fraction of sp³-hybridized carbons (Fsp3) is 0.306. The number of fused-ring (bicyclic) bond motifs is 1. The Bertz CT molecular complexity index is 1490. The quantitative estimate of drug-likeness (QED) is 0.128. The first-order valence-corrected chi connectivity index (χ1v) is 15.3. The topological polar surface area (TPSA) is 132 Å². The summed E-state index contributed by atoms with van der Waals surface area (Å²) in [5, 5.41) is 10.8. The second-order valence-corrected chi connectivity index (χ2v) is 10.7. The Balaban J connectivity index is 1.44. The lowest BCUT2D eigenvalue weighted by atomic mass is 10.0. The largest absolute Gasteiger partial charge is 0.378 e. The van der Waals surface area contributed by atoms with Crippen molar-refractivity contribution >= 4 is 28.5 Å². The molecule has 45 heavy (non-hydrogen) atoms. The van der Waals surface area contributed by atoms with Crippen LogP contribution in [0.5, 0.6) is 0 Å².